The number of ether oxygens (including phenoxy) is 2. The third-order valence-electron chi connectivity index (χ3n) is 3.78. The summed E-state index contributed by atoms with van der Waals surface area (Å²) in [6.45, 7) is 1.34. The van der Waals surface area contributed by atoms with Gasteiger partial charge in [-0.15, -0.1) is 11.3 Å². The first-order valence-electron chi connectivity index (χ1n) is 7.97. The third-order valence-corrected chi connectivity index (χ3v) is 4.88. The number of carbonyl (C=O) groups excluding carboxylic acids is 1. The largest absolute Gasteiger partial charge is 0.492 e. The van der Waals surface area contributed by atoms with Gasteiger partial charge in [0.1, 0.15) is 18.2 Å². The standard InChI is InChI=1S/C18H15N3O4S/c22-16(15-17(23)21-18(26-15)12-2-1-5-19-10-12)20-9-11-3-4-13-14(8-11)25-7-6-24-13/h1-5,8,10,23H,6-7,9H2,(H,20,22). The molecule has 4 rings (SSSR count). The van der Waals surface area contributed by atoms with Crippen molar-refractivity contribution in [1.82, 2.24) is 15.3 Å². The lowest BCUT2D eigenvalue weighted by atomic mass is 10.2. The summed E-state index contributed by atoms with van der Waals surface area (Å²) in [5.74, 6) is 0.702. The minimum Gasteiger partial charge on any atom is -0.492 e. The number of carbonyl (C=O) groups is 1. The Bertz CT molecular complexity index is 943. The van der Waals surface area contributed by atoms with Gasteiger partial charge in [0.2, 0.25) is 5.88 Å². The van der Waals surface area contributed by atoms with Crippen molar-refractivity contribution in [3.05, 3.63) is 53.2 Å². The van der Waals surface area contributed by atoms with Gasteiger partial charge in [-0.05, 0) is 29.8 Å². The van der Waals surface area contributed by atoms with Crippen LogP contribution in [-0.2, 0) is 6.54 Å². The molecule has 1 aliphatic rings. The zero-order chi connectivity index (χ0) is 17.9. The Morgan fingerprint density at radius 1 is 1.23 bits per heavy atom. The second-order valence-corrected chi connectivity index (χ2v) is 6.57. The topological polar surface area (TPSA) is 93.6 Å². The third kappa shape index (κ3) is 3.31. The summed E-state index contributed by atoms with van der Waals surface area (Å²) in [6.07, 6.45) is 3.28. The first-order chi connectivity index (χ1) is 12.7. The van der Waals surface area contributed by atoms with Gasteiger partial charge in [0.05, 0.1) is 0 Å². The smallest absolute Gasteiger partial charge is 0.267 e. The molecular formula is C18H15N3O4S. The summed E-state index contributed by atoms with van der Waals surface area (Å²) in [7, 11) is 0. The van der Waals surface area contributed by atoms with E-state index in [0.717, 1.165) is 22.5 Å². The summed E-state index contributed by atoms with van der Waals surface area (Å²) in [5.41, 5.74) is 1.62. The Hall–Kier alpha value is -3.13. The van der Waals surface area contributed by atoms with Gasteiger partial charge in [-0.1, -0.05) is 6.07 Å². The van der Waals surface area contributed by atoms with Gasteiger partial charge in [-0.3, -0.25) is 9.78 Å². The van der Waals surface area contributed by atoms with E-state index in [0.29, 0.717) is 36.3 Å². The maximum Gasteiger partial charge on any atom is 0.267 e. The summed E-state index contributed by atoms with van der Waals surface area (Å²) < 4.78 is 11.0. The summed E-state index contributed by atoms with van der Waals surface area (Å²) in [6, 6.07) is 9.11. The maximum absolute atomic E-state index is 12.4. The molecule has 3 heterocycles. The number of thiazole rings is 1. The lowest BCUT2D eigenvalue weighted by molar-refractivity contribution is 0.0952. The van der Waals surface area contributed by atoms with Crippen molar-refractivity contribution in [2.75, 3.05) is 13.2 Å². The maximum atomic E-state index is 12.4. The van der Waals surface area contributed by atoms with Crippen LogP contribution in [0.4, 0.5) is 0 Å². The van der Waals surface area contributed by atoms with Crippen molar-refractivity contribution >= 4 is 17.2 Å². The average molecular weight is 369 g/mol. The van der Waals surface area contributed by atoms with Crippen LogP contribution < -0.4 is 14.8 Å². The lowest BCUT2D eigenvalue weighted by Crippen LogP contribution is -2.22. The number of aromatic hydroxyl groups is 1. The molecule has 26 heavy (non-hydrogen) atoms. The molecule has 0 saturated carbocycles. The van der Waals surface area contributed by atoms with Crippen molar-refractivity contribution in [1.29, 1.82) is 0 Å². The second kappa shape index (κ2) is 7.01. The fourth-order valence-corrected chi connectivity index (χ4v) is 3.40. The average Bonchev–Trinajstić information content (AvgIpc) is 3.08. The molecule has 0 unspecified atom stereocenters. The predicted octanol–water partition coefficient (Wildman–Crippen LogP) is 2.61. The van der Waals surface area contributed by atoms with E-state index in [1.165, 1.54) is 0 Å². The van der Waals surface area contributed by atoms with E-state index in [2.05, 4.69) is 15.3 Å². The molecule has 1 aromatic carbocycles. The SMILES string of the molecule is O=C(NCc1ccc2c(c1)OCCO2)c1sc(-c2cccnc2)nc1O. The highest BCUT2D eigenvalue weighted by atomic mass is 32.1. The van der Waals surface area contributed by atoms with Crippen LogP contribution >= 0.6 is 11.3 Å². The first kappa shape index (κ1) is 16.3. The molecule has 8 heteroatoms. The molecule has 3 aromatic rings. The number of benzene rings is 1. The molecule has 0 fully saturated rings. The number of fused-ring (bicyclic) bond motifs is 1. The molecule has 132 valence electrons. The number of pyridine rings is 1. The van der Waals surface area contributed by atoms with Crippen LogP contribution in [0.25, 0.3) is 10.6 Å². The second-order valence-electron chi connectivity index (χ2n) is 5.57. The number of nitrogens with one attached hydrogen (secondary N) is 1. The van der Waals surface area contributed by atoms with E-state index < -0.39 is 0 Å². The Morgan fingerprint density at radius 2 is 2.08 bits per heavy atom. The van der Waals surface area contributed by atoms with E-state index >= 15 is 0 Å². The molecule has 0 aliphatic carbocycles. The van der Waals surface area contributed by atoms with E-state index in [1.807, 2.05) is 24.3 Å². The Morgan fingerprint density at radius 3 is 2.88 bits per heavy atom. The van der Waals surface area contributed by atoms with Gasteiger partial charge in [-0.25, -0.2) is 4.98 Å². The summed E-state index contributed by atoms with van der Waals surface area (Å²) >= 11 is 1.12. The highest BCUT2D eigenvalue weighted by Gasteiger charge is 2.19. The molecular weight excluding hydrogens is 354 g/mol. The Balaban J connectivity index is 1.46. The highest BCUT2D eigenvalue weighted by molar-refractivity contribution is 7.17. The minimum absolute atomic E-state index is 0.168. The monoisotopic (exact) mass is 369 g/mol. The van der Waals surface area contributed by atoms with E-state index in [-0.39, 0.29) is 16.7 Å². The number of nitrogens with zero attached hydrogens (tertiary/aromatic N) is 2. The summed E-state index contributed by atoms with van der Waals surface area (Å²) in [5, 5.41) is 13.3. The lowest BCUT2D eigenvalue weighted by Gasteiger charge is -2.18. The predicted molar refractivity (Wildman–Crippen MR) is 95.6 cm³/mol. The fraction of sp³-hybridized carbons (Fsp3) is 0.167. The zero-order valence-electron chi connectivity index (χ0n) is 13.6. The van der Waals surface area contributed by atoms with Crippen LogP contribution in [0.5, 0.6) is 17.4 Å². The number of aromatic nitrogens is 2. The molecule has 2 aromatic heterocycles. The van der Waals surface area contributed by atoms with E-state index in [9.17, 15) is 9.90 Å². The van der Waals surface area contributed by atoms with Crippen LogP contribution in [-0.4, -0.2) is 34.2 Å². The quantitative estimate of drug-likeness (QED) is 0.734. The normalized spacial score (nSPS) is 12.6. The van der Waals surface area contributed by atoms with Crippen LogP contribution in [0.2, 0.25) is 0 Å². The Labute approximate surface area is 153 Å². The van der Waals surface area contributed by atoms with Crippen LogP contribution in [0.1, 0.15) is 15.2 Å². The van der Waals surface area contributed by atoms with Crippen LogP contribution in [0, 0.1) is 0 Å². The van der Waals surface area contributed by atoms with Crippen molar-refractivity contribution in [2.45, 2.75) is 6.54 Å². The van der Waals surface area contributed by atoms with Gasteiger partial charge >= 0.3 is 0 Å². The van der Waals surface area contributed by atoms with Crippen molar-refractivity contribution < 1.29 is 19.4 Å². The molecule has 7 nitrogen and oxygen atoms in total. The molecule has 1 amide bonds. The van der Waals surface area contributed by atoms with Gasteiger partial charge in [0, 0.05) is 24.5 Å². The molecule has 1 aliphatic heterocycles. The molecule has 0 radical (unpaired) electrons. The van der Waals surface area contributed by atoms with Crippen molar-refractivity contribution in [2.24, 2.45) is 0 Å². The highest BCUT2D eigenvalue weighted by Crippen LogP contribution is 2.32. The van der Waals surface area contributed by atoms with Crippen molar-refractivity contribution in [3.63, 3.8) is 0 Å². The molecule has 2 N–H and O–H groups in total. The molecule has 0 saturated heterocycles. The minimum atomic E-state index is -0.384. The number of hydrogen-bond donors (Lipinski definition) is 2. The van der Waals surface area contributed by atoms with Gasteiger partial charge in [-0.2, -0.15) is 0 Å². The van der Waals surface area contributed by atoms with Gasteiger partial charge in [0.15, 0.2) is 16.4 Å². The van der Waals surface area contributed by atoms with E-state index in [4.69, 9.17) is 9.47 Å². The molecule has 0 bridgehead atoms. The van der Waals surface area contributed by atoms with Gasteiger partial charge < -0.3 is 19.9 Å². The fourth-order valence-electron chi connectivity index (χ4n) is 2.53. The van der Waals surface area contributed by atoms with Crippen LogP contribution in [0.3, 0.4) is 0 Å². The Kier molecular flexibility index (Phi) is 4.40. The van der Waals surface area contributed by atoms with Crippen molar-refractivity contribution in [3.8, 4) is 28.0 Å². The van der Waals surface area contributed by atoms with Gasteiger partial charge in [0.25, 0.3) is 5.91 Å². The number of amides is 1. The number of hydrogen-bond acceptors (Lipinski definition) is 7. The molecule has 0 atom stereocenters. The zero-order valence-corrected chi connectivity index (χ0v) is 14.5. The first-order valence-corrected chi connectivity index (χ1v) is 8.79. The van der Waals surface area contributed by atoms with Crippen LogP contribution in [0.15, 0.2) is 42.7 Å². The number of rotatable bonds is 4. The van der Waals surface area contributed by atoms with E-state index in [1.54, 1.807) is 18.5 Å². The molecule has 0 spiro atoms. The summed E-state index contributed by atoms with van der Waals surface area (Å²) in [4.78, 5) is 20.6.